The summed E-state index contributed by atoms with van der Waals surface area (Å²) >= 11 is 6.22. The minimum absolute atomic E-state index is 0.379. The number of pyridine rings is 1. The van der Waals surface area contributed by atoms with Crippen molar-refractivity contribution in [3.63, 3.8) is 0 Å². The molecule has 3 aromatic rings. The van der Waals surface area contributed by atoms with Crippen LogP contribution in [0.5, 0.6) is 0 Å². The van der Waals surface area contributed by atoms with Crippen LogP contribution in [0.1, 0.15) is 15.9 Å². The summed E-state index contributed by atoms with van der Waals surface area (Å²) in [5.74, 6) is -0.814. The molecular weight excluding hydrogens is 317 g/mol. The fourth-order valence-electron chi connectivity index (χ4n) is 2.61. The largest absolute Gasteiger partial charge is 0.465 e. The Hall–Kier alpha value is -2.46. The second-order valence-electron chi connectivity index (χ2n) is 5.16. The molecule has 0 atom stereocenters. The summed E-state index contributed by atoms with van der Waals surface area (Å²) in [5, 5.41) is 1.15. The first-order chi connectivity index (χ1) is 11.0. The van der Waals surface area contributed by atoms with Gasteiger partial charge < -0.3 is 4.74 Å². The van der Waals surface area contributed by atoms with Crippen molar-refractivity contribution in [3.05, 3.63) is 64.6 Å². The SMILES string of the molecule is COC(=O)c1cc(C)c2nccc(-c3cc(F)ccc3Cl)c2c1. The molecule has 1 heterocycles. The zero-order valence-corrected chi connectivity index (χ0v) is 13.3. The van der Waals surface area contributed by atoms with Gasteiger partial charge in [-0.05, 0) is 54.4 Å². The predicted molar refractivity (Wildman–Crippen MR) is 88.2 cm³/mol. The summed E-state index contributed by atoms with van der Waals surface area (Å²) in [6, 6.07) is 9.35. The van der Waals surface area contributed by atoms with Crippen LogP contribution >= 0.6 is 11.6 Å². The molecule has 0 saturated heterocycles. The number of ether oxygens (including phenoxy) is 1. The van der Waals surface area contributed by atoms with Crippen molar-refractivity contribution in [1.82, 2.24) is 4.98 Å². The Morgan fingerprint density at radius 3 is 2.70 bits per heavy atom. The van der Waals surface area contributed by atoms with Gasteiger partial charge >= 0.3 is 5.97 Å². The molecule has 2 aromatic carbocycles. The number of methoxy groups -OCH3 is 1. The minimum Gasteiger partial charge on any atom is -0.465 e. The van der Waals surface area contributed by atoms with E-state index in [1.54, 1.807) is 24.4 Å². The molecule has 0 bridgehead atoms. The van der Waals surface area contributed by atoms with E-state index in [2.05, 4.69) is 4.98 Å². The molecule has 1 aromatic heterocycles. The number of aryl methyl sites for hydroxylation is 1. The summed E-state index contributed by atoms with van der Waals surface area (Å²) in [4.78, 5) is 16.2. The van der Waals surface area contributed by atoms with Crippen LogP contribution in [-0.4, -0.2) is 18.1 Å². The molecule has 23 heavy (non-hydrogen) atoms. The van der Waals surface area contributed by atoms with Crippen molar-refractivity contribution in [2.75, 3.05) is 7.11 Å². The van der Waals surface area contributed by atoms with Crippen LogP contribution in [0.3, 0.4) is 0 Å². The smallest absolute Gasteiger partial charge is 0.337 e. The molecule has 3 nitrogen and oxygen atoms in total. The van der Waals surface area contributed by atoms with Crippen LogP contribution in [0.4, 0.5) is 4.39 Å². The average molecular weight is 330 g/mol. The zero-order chi connectivity index (χ0) is 16.6. The molecule has 0 unspecified atom stereocenters. The lowest BCUT2D eigenvalue weighted by molar-refractivity contribution is 0.0601. The highest BCUT2D eigenvalue weighted by Gasteiger charge is 2.14. The third kappa shape index (κ3) is 2.78. The molecule has 0 radical (unpaired) electrons. The fraction of sp³-hybridized carbons (Fsp3) is 0.111. The van der Waals surface area contributed by atoms with E-state index in [1.165, 1.54) is 25.3 Å². The van der Waals surface area contributed by atoms with E-state index in [0.717, 1.165) is 16.5 Å². The molecule has 0 aliphatic heterocycles. The van der Waals surface area contributed by atoms with Gasteiger partial charge in [0.15, 0.2) is 0 Å². The second-order valence-corrected chi connectivity index (χ2v) is 5.57. The van der Waals surface area contributed by atoms with Gasteiger partial charge in [0.2, 0.25) is 0 Å². The van der Waals surface area contributed by atoms with Gasteiger partial charge in [0.25, 0.3) is 0 Å². The number of fused-ring (bicyclic) bond motifs is 1. The Bertz CT molecular complexity index is 924. The van der Waals surface area contributed by atoms with E-state index in [0.29, 0.717) is 21.7 Å². The number of hydrogen-bond acceptors (Lipinski definition) is 3. The van der Waals surface area contributed by atoms with Crippen LogP contribution in [-0.2, 0) is 4.74 Å². The van der Waals surface area contributed by atoms with Gasteiger partial charge in [-0.3, -0.25) is 4.98 Å². The maximum absolute atomic E-state index is 13.6. The molecule has 0 saturated carbocycles. The second kappa shape index (κ2) is 5.97. The Labute approximate surface area is 137 Å². The number of carbonyl (C=O) groups is 1. The van der Waals surface area contributed by atoms with Gasteiger partial charge in [0.05, 0.1) is 18.2 Å². The first-order valence-electron chi connectivity index (χ1n) is 6.94. The van der Waals surface area contributed by atoms with Gasteiger partial charge in [-0.2, -0.15) is 0 Å². The number of nitrogens with zero attached hydrogens (tertiary/aromatic N) is 1. The third-order valence-electron chi connectivity index (χ3n) is 3.68. The van der Waals surface area contributed by atoms with E-state index in [1.807, 2.05) is 6.92 Å². The van der Waals surface area contributed by atoms with Crippen molar-refractivity contribution in [2.24, 2.45) is 0 Å². The van der Waals surface area contributed by atoms with Crippen LogP contribution < -0.4 is 0 Å². The summed E-state index contributed by atoms with van der Waals surface area (Å²) in [7, 11) is 1.33. The number of benzene rings is 2. The highest BCUT2D eigenvalue weighted by molar-refractivity contribution is 6.33. The monoisotopic (exact) mass is 329 g/mol. The zero-order valence-electron chi connectivity index (χ0n) is 12.6. The molecule has 0 amide bonds. The molecule has 0 N–H and O–H groups in total. The number of carbonyl (C=O) groups excluding carboxylic acids is 1. The molecule has 3 rings (SSSR count). The van der Waals surface area contributed by atoms with Gasteiger partial charge in [0.1, 0.15) is 5.82 Å². The topological polar surface area (TPSA) is 39.2 Å². The lowest BCUT2D eigenvalue weighted by Gasteiger charge is -2.11. The number of aromatic nitrogens is 1. The van der Waals surface area contributed by atoms with Crippen molar-refractivity contribution in [1.29, 1.82) is 0 Å². The normalized spacial score (nSPS) is 10.8. The third-order valence-corrected chi connectivity index (χ3v) is 4.00. The summed E-state index contributed by atoms with van der Waals surface area (Å²) < 4.78 is 18.4. The molecule has 0 fully saturated rings. The van der Waals surface area contributed by atoms with Crippen LogP contribution in [0.25, 0.3) is 22.0 Å². The van der Waals surface area contributed by atoms with E-state index in [-0.39, 0.29) is 5.82 Å². The fourth-order valence-corrected chi connectivity index (χ4v) is 2.83. The van der Waals surface area contributed by atoms with E-state index in [9.17, 15) is 9.18 Å². The Morgan fingerprint density at radius 2 is 1.96 bits per heavy atom. The van der Waals surface area contributed by atoms with Gasteiger partial charge in [-0.15, -0.1) is 0 Å². The van der Waals surface area contributed by atoms with Crippen molar-refractivity contribution < 1.29 is 13.9 Å². The minimum atomic E-state index is -0.435. The van der Waals surface area contributed by atoms with Crippen LogP contribution in [0, 0.1) is 12.7 Å². The Balaban J connectivity index is 2.35. The molecule has 0 aliphatic rings. The van der Waals surface area contributed by atoms with Crippen molar-refractivity contribution in [3.8, 4) is 11.1 Å². The Morgan fingerprint density at radius 1 is 1.17 bits per heavy atom. The summed E-state index contributed by atoms with van der Waals surface area (Å²) in [6.07, 6.45) is 1.64. The van der Waals surface area contributed by atoms with E-state index < -0.39 is 5.97 Å². The lowest BCUT2D eigenvalue weighted by atomic mass is 9.97. The van der Waals surface area contributed by atoms with Crippen LogP contribution in [0.2, 0.25) is 5.02 Å². The predicted octanol–water partition coefficient (Wildman–Crippen LogP) is 4.79. The molecule has 5 heteroatoms. The molecule has 116 valence electrons. The van der Waals surface area contributed by atoms with Gasteiger partial charge in [-0.25, -0.2) is 9.18 Å². The summed E-state index contributed by atoms with van der Waals surface area (Å²) in [6.45, 7) is 1.86. The molecular formula is C18H13ClFNO2. The molecule has 0 spiro atoms. The van der Waals surface area contributed by atoms with E-state index in [4.69, 9.17) is 16.3 Å². The van der Waals surface area contributed by atoms with Crippen LogP contribution in [0.15, 0.2) is 42.6 Å². The standard InChI is InChI=1S/C18H13ClFNO2/c1-10-7-11(18(22)23-2)8-15-13(5-6-21-17(10)15)14-9-12(20)3-4-16(14)19/h3-9H,1-2H3. The highest BCUT2D eigenvalue weighted by Crippen LogP contribution is 2.34. The lowest BCUT2D eigenvalue weighted by Crippen LogP contribution is -2.02. The molecule has 0 aliphatic carbocycles. The maximum atomic E-state index is 13.6. The highest BCUT2D eigenvalue weighted by atomic mass is 35.5. The van der Waals surface area contributed by atoms with Crippen molar-refractivity contribution >= 4 is 28.5 Å². The number of halogens is 2. The number of rotatable bonds is 2. The quantitative estimate of drug-likeness (QED) is 0.634. The summed E-state index contributed by atoms with van der Waals surface area (Å²) in [5.41, 5.74) is 3.25. The van der Waals surface area contributed by atoms with Gasteiger partial charge in [0, 0.05) is 22.2 Å². The maximum Gasteiger partial charge on any atom is 0.337 e. The average Bonchev–Trinajstić information content (AvgIpc) is 2.56. The Kier molecular flexibility index (Phi) is 4.01. The van der Waals surface area contributed by atoms with Crippen molar-refractivity contribution in [2.45, 2.75) is 6.92 Å². The van der Waals surface area contributed by atoms with Gasteiger partial charge in [-0.1, -0.05) is 11.6 Å². The van der Waals surface area contributed by atoms with E-state index >= 15 is 0 Å². The first kappa shape index (κ1) is 15.4. The number of hydrogen-bond donors (Lipinski definition) is 0. The number of esters is 1. The first-order valence-corrected chi connectivity index (χ1v) is 7.32.